The second-order valence-electron chi connectivity index (χ2n) is 6.80. The minimum atomic E-state index is -0.952. The Kier molecular flexibility index (Phi) is 5.67. The summed E-state index contributed by atoms with van der Waals surface area (Å²) in [4.78, 5) is 17.8. The van der Waals surface area contributed by atoms with Crippen LogP contribution in [0.5, 0.6) is 0 Å². The molecule has 2 unspecified atom stereocenters. The fourth-order valence-corrected chi connectivity index (χ4v) is 3.49. The molecule has 0 radical (unpaired) electrons. The number of methoxy groups -OCH3 is 1. The van der Waals surface area contributed by atoms with Crippen molar-refractivity contribution in [2.75, 3.05) is 7.11 Å². The van der Waals surface area contributed by atoms with Crippen LogP contribution in [-0.4, -0.2) is 24.3 Å². The third-order valence-electron chi connectivity index (χ3n) is 5.01. The number of rotatable bonds is 5. The molecule has 0 amide bonds. The van der Waals surface area contributed by atoms with Crippen LogP contribution in [0.3, 0.4) is 0 Å². The average Bonchev–Trinajstić information content (AvgIpc) is 2.73. The number of carbonyl (C=O) groups is 1. The van der Waals surface area contributed by atoms with Gasteiger partial charge in [-0.2, -0.15) is 0 Å². The third kappa shape index (κ3) is 3.77. The molecule has 0 spiro atoms. The van der Waals surface area contributed by atoms with E-state index in [-0.39, 0.29) is 11.9 Å². The lowest BCUT2D eigenvalue weighted by molar-refractivity contribution is -0.147. The Morgan fingerprint density at radius 1 is 1.04 bits per heavy atom. The first kappa shape index (κ1) is 18.1. The molecule has 3 nitrogen and oxygen atoms in total. The molecule has 0 aromatic heterocycles. The molecule has 2 atom stereocenters. The van der Waals surface area contributed by atoms with Gasteiger partial charge in [0.05, 0.1) is 12.8 Å². The van der Waals surface area contributed by atoms with Gasteiger partial charge in [-0.15, -0.1) is 0 Å². The van der Waals surface area contributed by atoms with Gasteiger partial charge in [-0.3, -0.25) is 4.99 Å². The Morgan fingerprint density at radius 2 is 1.62 bits per heavy atom. The highest BCUT2D eigenvalue weighted by atomic mass is 16.5. The molecular weight excluding hydrogens is 322 g/mol. The Bertz CT molecular complexity index is 754. The number of allylic oxidation sites excluding steroid dienone is 1. The average molecular weight is 347 g/mol. The Labute approximate surface area is 155 Å². The first-order chi connectivity index (χ1) is 12.6. The second kappa shape index (κ2) is 8.13. The van der Waals surface area contributed by atoms with Crippen molar-refractivity contribution in [3.8, 4) is 0 Å². The van der Waals surface area contributed by atoms with Gasteiger partial charge in [0.1, 0.15) is 0 Å². The van der Waals surface area contributed by atoms with Crippen LogP contribution in [-0.2, 0) is 9.53 Å². The molecule has 0 saturated carbocycles. The van der Waals surface area contributed by atoms with E-state index in [0.29, 0.717) is 0 Å². The maximum absolute atomic E-state index is 12.8. The fourth-order valence-electron chi connectivity index (χ4n) is 3.49. The molecule has 1 aliphatic rings. The van der Waals surface area contributed by atoms with E-state index in [1.165, 1.54) is 7.11 Å². The summed E-state index contributed by atoms with van der Waals surface area (Å²) in [5.74, 6) is -0.260. The lowest BCUT2D eigenvalue weighted by Crippen LogP contribution is -2.43. The van der Waals surface area contributed by atoms with Gasteiger partial charge in [-0.25, -0.2) is 4.79 Å². The number of ether oxygens (including phenoxy) is 1. The van der Waals surface area contributed by atoms with E-state index >= 15 is 0 Å². The highest BCUT2D eigenvalue weighted by Crippen LogP contribution is 2.33. The van der Waals surface area contributed by atoms with Crippen molar-refractivity contribution < 1.29 is 9.53 Å². The minimum Gasteiger partial charge on any atom is -0.467 e. The van der Waals surface area contributed by atoms with Crippen molar-refractivity contribution in [3.63, 3.8) is 0 Å². The summed E-state index contributed by atoms with van der Waals surface area (Å²) in [5, 5.41) is 0. The van der Waals surface area contributed by atoms with Gasteiger partial charge in [0.2, 0.25) is 0 Å². The first-order valence-corrected chi connectivity index (χ1v) is 9.11. The largest absolute Gasteiger partial charge is 0.467 e. The van der Waals surface area contributed by atoms with E-state index in [4.69, 9.17) is 9.73 Å². The van der Waals surface area contributed by atoms with Crippen LogP contribution in [0.2, 0.25) is 0 Å². The number of hydrogen-bond donors (Lipinski definition) is 0. The van der Waals surface area contributed by atoms with Crippen LogP contribution in [0.15, 0.2) is 77.8 Å². The van der Waals surface area contributed by atoms with E-state index in [0.717, 1.165) is 36.1 Å². The molecule has 0 bridgehead atoms. The molecule has 3 heteroatoms. The van der Waals surface area contributed by atoms with Crippen molar-refractivity contribution in [1.82, 2.24) is 0 Å². The van der Waals surface area contributed by atoms with E-state index in [2.05, 4.69) is 12.2 Å². The molecular formula is C23H25NO2. The number of nitrogens with zero attached hydrogens (tertiary/aromatic N) is 1. The lowest BCUT2D eigenvalue weighted by Gasteiger charge is -2.32. The van der Waals surface area contributed by atoms with Crippen LogP contribution in [0.25, 0.3) is 0 Å². The van der Waals surface area contributed by atoms with Crippen molar-refractivity contribution in [3.05, 3.63) is 83.9 Å². The van der Waals surface area contributed by atoms with Crippen LogP contribution < -0.4 is 0 Å². The molecule has 2 aromatic carbocycles. The molecule has 1 aliphatic carbocycles. The van der Waals surface area contributed by atoms with E-state index in [9.17, 15) is 4.79 Å². The Hall–Kier alpha value is -2.68. The summed E-state index contributed by atoms with van der Waals surface area (Å²) < 4.78 is 5.16. The van der Waals surface area contributed by atoms with Gasteiger partial charge < -0.3 is 4.74 Å². The zero-order chi connectivity index (χ0) is 18.4. The molecule has 26 heavy (non-hydrogen) atoms. The Balaban J connectivity index is 2.16. The highest BCUT2D eigenvalue weighted by Gasteiger charge is 2.42. The predicted molar refractivity (Wildman–Crippen MR) is 105 cm³/mol. The smallest absolute Gasteiger partial charge is 0.334 e. The van der Waals surface area contributed by atoms with Gasteiger partial charge in [-0.05, 0) is 26.2 Å². The summed E-state index contributed by atoms with van der Waals surface area (Å²) in [6, 6.07) is 20.0. The minimum absolute atomic E-state index is 0.0334. The SMILES string of the molecule is COC(=O)C(C)(N=C(c1ccccc1)c1ccccc1)C1C=CCCC1. The van der Waals surface area contributed by atoms with Gasteiger partial charge >= 0.3 is 5.97 Å². The molecule has 2 aromatic rings. The summed E-state index contributed by atoms with van der Waals surface area (Å²) in [5.41, 5.74) is 1.85. The van der Waals surface area contributed by atoms with Crippen LogP contribution >= 0.6 is 0 Å². The lowest BCUT2D eigenvalue weighted by atomic mass is 9.79. The van der Waals surface area contributed by atoms with Gasteiger partial charge in [0.15, 0.2) is 5.54 Å². The van der Waals surface area contributed by atoms with E-state index in [1.54, 1.807) is 0 Å². The van der Waals surface area contributed by atoms with Gasteiger partial charge in [0.25, 0.3) is 0 Å². The maximum atomic E-state index is 12.8. The van der Waals surface area contributed by atoms with Gasteiger partial charge in [-0.1, -0.05) is 72.8 Å². The number of aliphatic imine (C=N–C) groups is 1. The molecule has 0 heterocycles. The monoisotopic (exact) mass is 347 g/mol. The zero-order valence-corrected chi connectivity index (χ0v) is 15.4. The maximum Gasteiger partial charge on any atom is 0.334 e. The number of esters is 1. The topological polar surface area (TPSA) is 38.7 Å². The predicted octanol–water partition coefficient (Wildman–Crippen LogP) is 4.81. The zero-order valence-electron chi connectivity index (χ0n) is 15.4. The van der Waals surface area contributed by atoms with Crippen LogP contribution in [0, 0.1) is 5.92 Å². The second-order valence-corrected chi connectivity index (χ2v) is 6.80. The van der Waals surface area contributed by atoms with Crippen LogP contribution in [0.1, 0.15) is 37.3 Å². The summed E-state index contributed by atoms with van der Waals surface area (Å²) >= 11 is 0. The summed E-state index contributed by atoms with van der Waals surface area (Å²) in [6.07, 6.45) is 7.33. The number of carbonyl (C=O) groups excluding carboxylic acids is 1. The van der Waals surface area contributed by atoms with Crippen LogP contribution in [0.4, 0.5) is 0 Å². The highest BCUT2D eigenvalue weighted by molar-refractivity contribution is 6.13. The van der Waals surface area contributed by atoms with E-state index < -0.39 is 5.54 Å². The third-order valence-corrected chi connectivity index (χ3v) is 5.01. The molecule has 0 aliphatic heterocycles. The Morgan fingerprint density at radius 3 is 2.08 bits per heavy atom. The van der Waals surface area contributed by atoms with Crippen molar-refractivity contribution in [2.45, 2.75) is 31.7 Å². The van der Waals surface area contributed by atoms with Crippen molar-refractivity contribution >= 4 is 11.7 Å². The number of hydrogen-bond acceptors (Lipinski definition) is 3. The van der Waals surface area contributed by atoms with E-state index in [1.807, 2.05) is 67.6 Å². The van der Waals surface area contributed by atoms with Crippen molar-refractivity contribution in [1.29, 1.82) is 0 Å². The molecule has 0 fully saturated rings. The fraction of sp³-hybridized carbons (Fsp3) is 0.304. The molecule has 3 rings (SSSR count). The molecule has 0 N–H and O–H groups in total. The number of benzene rings is 2. The van der Waals surface area contributed by atoms with Gasteiger partial charge in [0, 0.05) is 17.0 Å². The van der Waals surface area contributed by atoms with Crippen molar-refractivity contribution in [2.24, 2.45) is 10.9 Å². The quantitative estimate of drug-likeness (QED) is 0.442. The normalized spacial score (nSPS) is 18.6. The first-order valence-electron chi connectivity index (χ1n) is 9.11. The summed E-state index contributed by atoms with van der Waals surface area (Å²) in [7, 11) is 1.44. The molecule has 134 valence electrons. The molecule has 0 saturated heterocycles. The standard InChI is InChI=1S/C23H25NO2/c1-23(22(25)26-2,20-16-10-5-11-17-20)24-21(18-12-6-3-7-13-18)19-14-8-4-9-15-19/h3-4,6-10,12-16,20H,5,11,17H2,1-2H3. The summed E-state index contributed by atoms with van der Waals surface area (Å²) in [6.45, 7) is 1.89.